The van der Waals surface area contributed by atoms with Gasteiger partial charge in [-0.2, -0.15) is 0 Å². The van der Waals surface area contributed by atoms with Crippen LogP contribution in [0.5, 0.6) is 0 Å². The fourth-order valence-corrected chi connectivity index (χ4v) is 2.05. The Bertz CT molecular complexity index is 365. The highest BCUT2D eigenvalue weighted by Crippen LogP contribution is 2.27. The van der Waals surface area contributed by atoms with E-state index in [1.54, 1.807) is 6.07 Å². The lowest BCUT2D eigenvalue weighted by molar-refractivity contribution is 0.502. The Hall–Kier alpha value is -0.860. The van der Waals surface area contributed by atoms with Crippen molar-refractivity contribution < 1.29 is 4.39 Å². The first-order chi connectivity index (χ1) is 8.19. The molecule has 1 N–H and O–H groups in total. The Morgan fingerprint density at radius 3 is 2.88 bits per heavy atom. The van der Waals surface area contributed by atoms with Crippen molar-refractivity contribution in [1.29, 1.82) is 0 Å². The Balaban J connectivity index is 2.82. The quantitative estimate of drug-likeness (QED) is 0.708. The van der Waals surface area contributed by atoms with E-state index in [-0.39, 0.29) is 11.9 Å². The monoisotopic (exact) mass is 255 g/mol. The van der Waals surface area contributed by atoms with Crippen molar-refractivity contribution in [3.63, 3.8) is 0 Å². The molecule has 0 radical (unpaired) electrons. The minimum absolute atomic E-state index is 0.168. The molecule has 0 saturated heterocycles. The van der Waals surface area contributed by atoms with Crippen LogP contribution in [0.4, 0.5) is 4.39 Å². The molecule has 17 heavy (non-hydrogen) atoms. The summed E-state index contributed by atoms with van der Waals surface area (Å²) in [7, 11) is 0. The van der Waals surface area contributed by atoms with Gasteiger partial charge in [0, 0.05) is 11.1 Å². The fraction of sp³-hybridized carbons (Fsp3) is 0.429. The molecule has 0 aliphatic carbocycles. The highest BCUT2D eigenvalue weighted by Gasteiger charge is 2.13. The number of halogens is 2. The lowest BCUT2D eigenvalue weighted by atomic mass is 10.0. The molecule has 1 unspecified atom stereocenters. The number of benzene rings is 1. The second kappa shape index (κ2) is 7.46. The molecule has 3 heteroatoms. The van der Waals surface area contributed by atoms with Crippen molar-refractivity contribution in [3.8, 4) is 0 Å². The summed E-state index contributed by atoms with van der Waals surface area (Å²) < 4.78 is 13.0. The van der Waals surface area contributed by atoms with Crippen molar-refractivity contribution in [3.05, 3.63) is 47.3 Å². The van der Waals surface area contributed by atoms with Crippen LogP contribution in [-0.2, 0) is 0 Å². The third-order valence-corrected chi connectivity index (χ3v) is 2.97. The summed E-state index contributed by atoms with van der Waals surface area (Å²) in [6.45, 7) is 6.76. The maximum Gasteiger partial charge on any atom is 0.124 e. The van der Waals surface area contributed by atoms with Gasteiger partial charge in [-0.15, -0.1) is 6.58 Å². The summed E-state index contributed by atoms with van der Waals surface area (Å²) >= 11 is 6.08. The smallest absolute Gasteiger partial charge is 0.124 e. The van der Waals surface area contributed by atoms with Gasteiger partial charge in [-0.25, -0.2) is 4.39 Å². The lowest BCUT2D eigenvalue weighted by Gasteiger charge is -2.19. The molecule has 0 aliphatic rings. The molecule has 94 valence electrons. The maximum atomic E-state index is 13.0. The molecule has 1 nitrogen and oxygen atoms in total. The largest absolute Gasteiger partial charge is 0.310 e. The van der Waals surface area contributed by atoms with E-state index in [9.17, 15) is 4.39 Å². The standard InChI is InChI=1S/C14H19ClFN/c1-3-5-6-14(17-9-4-2)12-8-7-11(16)10-13(12)15/h3,7-8,10,14,17H,1,4-6,9H2,2H3. The van der Waals surface area contributed by atoms with Gasteiger partial charge in [-0.1, -0.05) is 30.7 Å². The Morgan fingerprint density at radius 1 is 1.53 bits per heavy atom. The van der Waals surface area contributed by atoms with Gasteiger partial charge in [-0.3, -0.25) is 0 Å². The number of rotatable bonds is 7. The molecule has 0 amide bonds. The van der Waals surface area contributed by atoms with Crippen LogP contribution in [0.1, 0.15) is 37.8 Å². The predicted molar refractivity (Wildman–Crippen MR) is 71.9 cm³/mol. The van der Waals surface area contributed by atoms with Gasteiger partial charge in [0.15, 0.2) is 0 Å². The predicted octanol–water partition coefficient (Wildman–Crippen LogP) is 4.49. The van der Waals surface area contributed by atoms with Crippen LogP contribution in [-0.4, -0.2) is 6.54 Å². The molecule has 0 spiro atoms. The molecule has 0 aromatic heterocycles. The van der Waals surface area contributed by atoms with Gasteiger partial charge >= 0.3 is 0 Å². The Labute approximate surface area is 108 Å². The number of hydrogen-bond donors (Lipinski definition) is 1. The van der Waals surface area contributed by atoms with Crippen molar-refractivity contribution >= 4 is 11.6 Å². The normalized spacial score (nSPS) is 12.4. The van der Waals surface area contributed by atoms with Crippen LogP contribution in [0.15, 0.2) is 30.9 Å². The maximum absolute atomic E-state index is 13.0. The SMILES string of the molecule is C=CCCC(NCCC)c1ccc(F)cc1Cl. The zero-order chi connectivity index (χ0) is 12.7. The summed E-state index contributed by atoms with van der Waals surface area (Å²) in [4.78, 5) is 0. The van der Waals surface area contributed by atoms with Crippen LogP contribution < -0.4 is 5.32 Å². The number of allylic oxidation sites excluding steroid dienone is 1. The van der Waals surface area contributed by atoms with E-state index in [0.29, 0.717) is 5.02 Å². The number of nitrogens with one attached hydrogen (secondary N) is 1. The Morgan fingerprint density at radius 2 is 2.29 bits per heavy atom. The molecule has 1 aromatic rings. The third kappa shape index (κ3) is 4.49. The second-order valence-electron chi connectivity index (χ2n) is 4.04. The van der Waals surface area contributed by atoms with E-state index in [1.807, 2.05) is 6.08 Å². The minimum atomic E-state index is -0.295. The summed E-state index contributed by atoms with van der Waals surface area (Å²) in [5, 5.41) is 3.91. The summed E-state index contributed by atoms with van der Waals surface area (Å²) in [5.74, 6) is -0.295. The molecule has 0 saturated carbocycles. The third-order valence-electron chi connectivity index (χ3n) is 2.64. The van der Waals surface area contributed by atoms with Crippen molar-refractivity contribution in [1.82, 2.24) is 5.32 Å². The van der Waals surface area contributed by atoms with Crippen LogP contribution in [0.2, 0.25) is 5.02 Å². The van der Waals surface area contributed by atoms with Crippen LogP contribution in [0.25, 0.3) is 0 Å². The first kappa shape index (κ1) is 14.2. The zero-order valence-electron chi connectivity index (χ0n) is 10.2. The van der Waals surface area contributed by atoms with Gasteiger partial charge in [0.2, 0.25) is 0 Å². The lowest BCUT2D eigenvalue weighted by Crippen LogP contribution is -2.22. The first-order valence-electron chi connectivity index (χ1n) is 5.98. The van der Waals surface area contributed by atoms with Gasteiger partial charge in [0.25, 0.3) is 0 Å². The molecule has 1 aromatic carbocycles. The highest BCUT2D eigenvalue weighted by molar-refractivity contribution is 6.31. The topological polar surface area (TPSA) is 12.0 Å². The highest BCUT2D eigenvalue weighted by atomic mass is 35.5. The van der Waals surface area contributed by atoms with Gasteiger partial charge in [0.1, 0.15) is 5.82 Å². The summed E-state index contributed by atoms with van der Waals surface area (Å²) in [6, 6.07) is 4.75. The molecule has 0 aliphatic heterocycles. The van der Waals surface area contributed by atoms with E-state index in [1.165, 1.54) is 12.1 Å². The van der Waals surface area contributed by atoms with E-state index in [2.05, 4.69) is 18.8 Å². The van der Waals surface area contributed by atoms with Crippen molar-refractivity contribution in [2.75, 3.05) is 6.54 Å². The van der Waals surface area contributed by atoms with E-state index in [0.717, 1.165) is 31.4 Å². The van der Waals surface area contributed by atoms with Gasteiger partial charge in [-0.05, 0) is 43.5 Å². The fourth-order valence-electron chi connectivity index (χ4n) is 1.75. The van der Waals surface area contributed by atoms with Crippen molar-refractivity contribution in [2.24, 2.45) is 0 Å². The van der Waals surface area contributed by atoms with Crippen molar-refractivity contribution in [2.45, 2.75) is 32.2 Å². The number of hydrogen-bond acceptors (Lipinski definition) is 1. The van der Waals surface area contributed by atoms with Crippen LogP contribution >= 0.6 is 11.6 Å². The van der Waals surface area contributed by atoms with Gasteiger partial charge in [0.05, 0.1) is 0 Å². The molecular weight excluding hydrogens is 237 g/mol. The average molecular weight is 256 g/mol. The Kier molecular flexibility index (Phi) is 6.23. The van der Waals surface area contributed by atoms with E-state index in [4.69, 9.17) is 11.6 Å². The van der Waals surface area contributed by atoms with Crippen LogP contribution in [0, 0.1) is 5.82 Å². The molecule has 0 fully saturated rings. The molecule has 0 heterocycles. The average Bonchev–Trinajstić information content (AvgIpc) is 2.30. The second-order valence-corrected chi connectivity index (χ2v) is 4.45. The van der Waals surface area contributed by atoms with Gasteiger partial charge < -0.3 is 5.32 Å². The molecular formula is C14H19ClFN. The summed E-state index contributed by atoms with van der Waals surface area (Å²) in [5.41, 5.74) is 0.961. The summed E-state index contributed by atoms with van der Waals surface area (Å²) in [6.07, 6.45) is 4.78. The molecule has 1 rings (SSSR count). The molecule has 0 bridgehead atoms. The minimum Gasteiger partial charge on any atom is -0.310 e. The zero-order valence-corrected chi connectivity index (χ0v) is 10.9. The van der Waals surface area contributed by atoms with Crippen LogP contribution in [0.3, 0.4) is 0 Å². The van der Waals surface area contributed by atoms with E-state index >= 15 is 0 Å². The van der Waals surface area contributed by atoms with E-state index < -0.39 is 0 Å². The molecule has 1 atom stereocenters. The first-order valence-corrected chi connectivity index (χ1v) is 6.36.